The highest BCUT2D eigenvalue weighted by molar-refractivity contribution is 8.00. The molecule has 0 aromatic heterocycles. The molecule has 2 rings (SSSR count). The molecule has 10 atom stereocenters. The number of thioether (sulfide) groups is 2. The van der Waals surface area contributed by atoms with Gasteiger partial charge in [-0.1, -0.05) is 0 Å². The first kappa shape index (κ1) is 21.6. The van der Waals surface area contributed by atoms with E-state index in [9.17, 15) is 30.6 Å². The Hall–Kier alpha value is 0.340. The molecular formula is C14H26O9S2. The molecule has 0 aromatic rings. The van der Waals surface area contributed by atoms with Crippen LogP contribution in [0.2, 0.25) is 0 Å². The number of ether oxygens (including phenoxy) is 3. The molecule has 0 radical (unpaired) electrons. The van der Waals surface area contributed by atoms with Gasteiger partial charge in [-0.2, -0.15) is 11.8 Å². The lowest BCUT2D eigenvalue weighted by molar-refractivity contribution is -0.259. The Morgan fingerprint density at radius 3 is 1.92 bits per heavy atom. The fourth-order valence-corrected chi connectivity index (χ4v) is 5.41. The quantitative estimate of drug-likeness (QED) is 0.276. The third-order valence-corrected chi connectivity index (χ3v) is 7.12. The van der Waals surface area contributed by atoms with Crippen LogP contribution in [-0.2, 0) is 14.2 Å². The number of aliphatic hydroxyl groups is 6. The molecule has 0 saturated carbocycles. The minimum Gasteiger partial charge on any atom is -0.394 e. The molecule has 0 aliphatic carbocycles. The average molecular weight is 402 g/mol. The SMILES string of the molecule is CO[C@H]1O[C@H](CO)[C@@H](S[C@H]2O[C@H](CO)[C@@H](SC)[C@H](O)[C@H]2O)[C@H](O)[C@H]1O. The molecule has 0 amide bonds. The Morgan fingerprint density at radius 2 is 1.40 bits per heavy atom. The second-order valence-corrected chi connectivity index (χ2v) is 8.25. The Kier molecular flexibility index (Phi) is 8.23. The van der Waals surface area contributed by atoms with E-state index in [1.807, 2.05) is 0 Å². The van der Waals surface area contributed by atoms with Gasteiger partial charge in [-0.3, -0.25) is 0 Å². The van der Waals surface area contributed by atoms with Crippen LogP contribution < -0.4 is 0 Å². The van der Waals surface area contributed by atoms with Crippen LogP contribution in [-0.4, -0.2) is 116 Å². The fourth-order valence-electron chi connectivity index (χ4n) is 3.03. The van der Waals surface area contributed by atoms with Crippen molar-refractivity contribution < 1.29 is 44.8 Å². The minimum absolute atomic E-state index is 0.339. The van der Waals surface area contributed by atoms with Crippen molar-refractivity contribution in [1.82, 2.24) is 0 Å². The Labute approximate surface area is 154 Å². The van der Waals surface area contributed by atoms with Gasteiger partial charge in [0.05, 0.1) is 48.1 Å². The number of hydrogen-bond acceptors (Lipinski definition) is 11. The lowest BCUT2D eigenvalue weighted by atomic mass is 10.0. The van der Waals surface area contributed by atoms with Gasteiger partial charge in [0.25, 0.3) is 0 Å². The fraction of sp³-hybridized carbons (Fsp3) is 1.00. The van der Waals surface area contributed by atoms with Crippen molar-refractivity contribution in [2.45, 2.75) is 58.8 Å². The van der Waals surface area contributed by atoms with Gasteiger partial charge in [0.1, 0.15) is 17.6 Å². The van der Waals surface area contributed by atoms with E-state index in [0.717, 1.165) is 11.8 Å². The standard InChI is InChI=1S/C14H26O9S2/c1-21-13-9(19)7(17)12(6(4-16)22-13)25-14-10(20)8(18)11(24-2)5(3-15)23-14/h5-20H,3-4H2,1-2H3/t5-,6-,7-,8-,9-,10-,11-,12-,13+,14-/m1/s1. The molecular weight excluding hydrogens is 376 g/mol. The highest BCUT2D eigenvalue weighted by Crippen LogP contribution is 2.39. The second-order valence-electron chi connectivity index (χ2n) is 5.95. The molecule has 2 heterocycles. The number of rotatable bonds is 6. The predicted molar refractivity (Wildman–Crippen MR) is 91.2 cm³/mol. The van der Waals surface area contributed by atoms with E-state index in [0.29, 0.717) is 0 Å². The van der Waals surface area contributed by atoms with E-state index in [1.54, 1.807) is 6.26 Å². The molecule has 2 aliphatic rings. The third-order valence-electron chi connectivity index (χ3n) is 4.44. The maximum Gasteiger partial charge on any atom is 0.186 e. The van der Waals surface area contributed by atoms with Gasteiger partial charge in [0.15, 0.2) is 6.29 Å². The van der Waals surface area contributed by atoms with Crippen molar-refractivity contribution >= 4 is 23.5 Å². The summed E-state index contributed by atoms with van der Waals surface area (Å²) in [4.78, 5) is 0. The van der Waals surface area contributed by atoms with Crippen LogP contribution in [0.4, 0.5) is 0 Å². The molecule has 2 aliphatic heterocycles. The molecule has 0 spiro atoms. The molecule has 6 N–H and O–H groups in total. The Morgan fingerprint density at radius 1 is 0.840 bits per heavy atom. The lowest BCUT2D eigenvalue weighted by Gasteiger charge is -2.46. The van der Waals surface area contributed by atoms with Crippen LogP contribution in [0.5, 0.6) is 0 Å². The van der Waals surface area contributed by atoms with E-state index >= 15 is 0 Å². The maximum atomic E-state index is 10.3. The molecule has 2 saturated heterocycles. The monoisotopic (exact) mass is 402 g/mol. The number of methoxy groups -OCH3 is 1. The largest absolute Gasteiger partial charge is 0.394 e. The highest BCUT2D eigenvalue weighted by atomic mass is 32.2. The second kappa shape index (κ2) is 9.51. The van der Waals surface area contributed by atoms with Crippen LogP contribution in [0.25, 0.3) is 0 Å². The predicted octanol–water partition coefficient (Wildman–Crippen LogP) is -2.66. The zero-order chi connectivity index (χ0) is 18.7. The first-order valence-corrected chi connectivity index (χ1v) is 10.1. The highest BCUT2D eigenvalue weighted by Gasteiger charge is 2.50. The Bertz CT molecular complexity index is 414. The molecule has 148 valence electrons. The van der Waals surface area contributed by atoms with E-state index < -0.39 is 65.5 Å². The van der Waals surface area contributed by atoms with Gasteiger partial charge in [-0.15, -0.1) is 11.8 Å². The van der Waals surface area contributed by atoms with Gasteiger partial charge in [0, 0.05) is 7.11 Å². The molecule has 2 fully saturated rings. The normalized spacial score (nSPS) is 48.5. The van der Waals surface area contributed by atoms with Crippen LogP contribution in [0.3, 0.4) is 0 Å². The first-order valence-electron chi connectivity index (χ1n) is 7.85. The number of hydrogen-bond donors (Lipinski definition) is 6. The van der Waals surface area contributed by atoms with Gasteiger partial charge in [0.2, 0.25) is 0 Å². The molecule has 9 nitrogen and oxygen atoms in total. The van der Waals surface area contributed by atoms with Gasteiger partial charge in [-0.05, 0) is 6.26 Å². The smallest absolute Gasteiger partial charge is 0.186 e. The van der Waals surface area contributed by atoms with Gasteiger partial charge < -0.3 is 44.8 Å². The van der Waals surface area contributed by atoms with E-state index in [-0.39, 0.29) is 6.61 Å². The van der Waals surface area contributed by atoms with Gasteiger partial charge in [-0.25, -0.2) is 0 Å². The molecule has 11 heteroatoms. The molecule has 0 aromatic carbocycles. The van der Waals surface area contributed by atoms with Crippen molar-refractivity contribution in [2.75, 3.05) is 26.6 Å². The summed E-state index contributed by atoms with van der Waals surface area (Å²) in [7, 11) is 1.31. The Balaban J connectivity index is 2.13. The summed E-state index contributed by atoms with van der Waals surface area (Å²) in [6.45, 7) is -0.780. The van der Waals surface area contributed by atoms with Crippen molar-refractivity contribution in [3.8, 4) is 0 Å². The maximum absolute atomic E-state index is 10.3. The summed E-state index contributed by atoms with van der Waals surface area (Å²) in [5, 5.41) is 58.7. The summed E-state index contributed by atoms with van der Waals surface area (Å²) in [6, 6.07) is 0. The molecule has 25 heavy (non-hydrogen) atoms. The van der Waals surface area contributed by atoms with Crippen LogP contribution in [0.15, 0.2) is 0 Å². The minimum atomic E-state index is -1.34. The zero-order valence-corrected chi connectivity index (χ0v) is 15.5. The van der Waals surface area contributed by atoms with E-state index in [2.05, 4.69) is 0 Å². The summed E-state index contributed by atoms with van der Waals surface area (Å²) < 4.78 is 16.0. The molecule has 0 bridgehead atoms. The van der Waals surface area contributed by atoms with Crippen LogP contribution in [0, 0.1) is 0 Å². The molecule has 0 unspecified atom stereocenters. The third kappa shape index (κ3) is 4.43. The van der Waals surface area contributed by atoms with Crippen LogP contribution >= 0.6 is 23.5 Å². The van der Waals surface area contributed by atoms with Crippen molar-refractivity contribution in [1.29, 1.82) is 0 Å². The van der Waals surface area contributed by atoms with Crippen molar-refractivity contribution in [3.63, 3.8) is 0 Å². The topological polar surface area (TPSA) is 149 Å². The summed E-state index contributed by atoms with van der Waals surface area (Å²) >= 11 is 2.21. The van der Waals surface area contributed by atoms with Crippen molar-refractivity contribution in [3.05, 3.63) is 0 Å². The van der Waals surface area contributed by atoms with Crippen molar-refractivity contribution in [2.24, 2.45) is 0 Å². The lowest BCUT2D eigenvalue weighted by Crippen LogP contribution is -2.61. The van der Waals surface area contributed by atoms with Crippen LogP contribution in [0.1, 0.15) is 0 Å². The number of aliphatic hydroxyl groups excluding tert-OH is 6. The summed E-state index contributed by atoms with van der Waals surface area (Å²) in [5.41, 5.74) is -0.973. The summed E-state index contributed by atoms with van der Waals surface area (Å²) in [6.07, 6.45) is -5.97. The first-order chi connectivity index (χ1) is 11.9. The van der Waals surface area contributed by atoms with E-state index in [4.69, 9.17) is 14.2 Å². The average Bonchev–Trinajstić information content (AvgIpc) is 2.62. The zero-order valence-electron chi connectivity index (χ0n) is 13.9. The summed E-state index contributed by atoms with van der Waals surface area (Å²) in [5.74, 6) is 0. The van der Waals surface area contributed by atoms with Gasteiger partial charge >= 0.3 is 0 Å². The van der Waals surface area contributed by atoms with E-state index in [1.165, 1.54) is 18.9 Å².